The molecule has 2 rings (SSSR count). The van der Waals surface area contributed by atoms with Gasteiger partial charge < -0.3 is 9.47 Å². The highest BCUT2D eigenvalue weighted by atomic mass is 16.7. The summed E-state index contributed by atoms with van der Waals surface area (Å²) in [6.07, 6.45) is 2.14. The molecule has 0 aromatic heterocycles. The zero-order valence-electron chi connectivity index (χ0n) is 6.01. The number of hydrogen-bond donors (Lipinski definition) is 0. The molecule has 0 amide bonds. The Morgan fingerprint density at radius 1 is 1.20 bits per heavy atom. The normalized spacial score (nSPS) is 31.2. The van der Waals surface area contributed by atoms with E-state index in [2.05, 4.69) is 5.32 Å². The quantitative estimate of drug-likeness (QED) is 0.481. The molecule has 2 aliphatic rings. The van der Waals surface area contributed by atoms with Gasteiger partial charge in [0.1, 0.15) is 0 Å². The van der Waals surface area contributed by atoms with Gasteiger partial charge in [0.2, 0.25) is 0 Å². The van der Waals surface area contributed by atoms with Gasteiger partial charge in [-0.05, 0) is 6.42 Å². The van der Waals surface area contributed by atoms with E-state index in [1.165, 1.54) is 0 Å². The lowest BCUT2D eigenvalue weighted by Gasteiger charge is -2.30. The Hall–Kier alpha value is -0.120. The van der Waals surface area contributed by atoms with E-state index < -0.39 is 0 Å². The van der Waals surface area contributed by atoms with Crippen LogP contribution in [0.25, 0.3) is 0 Å². The fourth-order valence-corrected chi connectivity index (χ4v) is 1.52. The van der Waals surface area contributed by atoms with Crippen molar-refractivity contribution in [1.29, 1.82) is 0 Å². The number of nitrogens with zero attached hydrogens (tertiary/aromatic N) is 1. The summed E-state index contributed by atoms with van der Waals surface area (Å²) in [5.74, 6) is -0.293. The average molecular weight is 142 g/mol. The molecule has 2 fully saturated rings. The van der Waals surface area contributed by atoms with Crippen molar-refractivity contribution in [2.75, 3.05) is 26.3 Å². The Balaban J connectivity index is 1.98. The third-order valence-electron chi connectivity index (χ3n) is 2.04. The maximum absolute atomic E-state index is 5.47. The largest absolute Gasteiger partial charge is 0.346 e. The molecule has 3 heteroatoms. The molecule has 2 heterocycles. The van der Waals surface area contributed by atoms with Crippen molar-refractivity contribution in [3.05, 3.63) is 0 Å². The standard InChI is InChI=1S/C7H12NO2/c1-2-7(6-8-3-1)9-4-5-10-7/h1-6H2. The Kier molecular flexibility index (Phi) is 1.64. The lowest BCUT2D eigenvalue weighted by Crippen LogP contribution is -2.43. The van der Waals surface area contributed by atoms with Crippen LogP contribution in [0.3, 0.4) is 0 Å². The predicted molar refractivity (Wildman–Crippen MR) is 35.7 cm³/mol. The summed E-state index contributed by atoms with van der Waals surface area (Å²) >= 11 is 0. The summed E-state index contributed by atoms with van der Waals surface area (Å²) in [7, 11) is 0. The van der Waals surface area contributed by atoms with Crippen LogP contribution in [0.1, 0.15) is 12.8 Å². The molecule has 0 aromatic carbocycles. The van der Waals surface area contributed by atoms with Crippen LogP contribution in [0.5, 0.6) is 0 Å². The van der Waals surface area contributed by atoms with Gasteiger partial charge in [0.05, 0.1) is 19.8 Å². The molecule has 0 unspecified atom stereocenters. The minimum atomic E-state index is -0.293. The molecule has 3 nitrogen and oxygen atoms in total. The second-order valence-electron chi connectivity index (χ2n) is 2.82. The maximum atomic E-state index is 5.47. The summed E-state index contributed by atoms with van der Waals surface area (Å²) in [4.78, 5) is 0. The van der Waals surface area contributed by atoms with Gasteiger partial charge in [0.25, 0.3) is 0 Å². The summed E-state index contributed by atoms with van der Waals surface area (Å²) in [5.41, 5.74) is 0. The molecular formula is C7H12NO2. The smallest absolute Gasteiger partial charge is 0.182 e. The monoisotopic (exact) mass is 142 g/mol. The van der Waals surface area contributed by atoms with Crippen molar-refractivity contribution in [2.45, 2.75) is 18.6 Å². The first-order valence-corrected chi connectivity index (χ1v) is 3.83. The zero-order chi connectivity index (χ0) is 6.86. The van der Waals surface area contributed by atoms with Gasteiger partial charge in [0.15, 0.2) is 5.79 Å². The van der Waals surface area contributed by atoms with Crippen LogP contribution >= 0.6 is 0 Å². The molecule has 10 heavy (non-hydrogen) atoms. The van der Waals surface area contributed by atoms with E-state index >= 15 is 0 Å². The fourth-order valence-electron chi connectivity index (χ4n) is 1.52. The molecule has 1 radical (unpaired) electrons. The first kappa shape index (κ1) is 6.58. The SMILES string of the molecule is C1C[N]CC2(C1)OCCO2. The van der Waals surface area contributed by atoms with Crippen LogP contribution in [-0.2, 0) is 9.47 Å². The summed E-state index contributed by atoms with van der Waals surface area (Å²) < 4.78 is 10.9. The molecule has 0 N–H and O–H groups in total. The highest BCUT2D eigenvalue weighted by molar-refractivity contribution is 4.80. The lowest BCUT2D eigenvalue weighted by atomic mass is 10.1. The fraction of sp³-hybridized carbons (Fsp3) is 1.00. The first-order chi connectivity index (χ1) is 4.91. The Labute approximate surface area is 60.7 Å². The minimum absolute atomic E-state index is 0.293. The van der Waals surface area contributed by atoms with Gasteiger partial charge in [-0.25, -0.2) is 5.32 Å². The predicted octanol–water partition coefficient (Wildman–Crippen LogP) is 0.128. The Morgan fingerprint density at radius 2 is 2.00 bits per heavy atom. The first-order valence-electron chi connectivity index (χ1n) is 3.83. The highest BCUT2D eigenvalue weighted by Gasteiger charge is 2.37. The van der Waals surface area contributed by atoms with Crippen LogP contribution < -0.4 is 5.32 Å². The van der Waals surface area contributed by atoms with Crippen LogP contribution in [0, 0.1) is 0 Å². The summed E-state index contributed by atoms with van der Waals surface area (Å²) in [6.45, 7) is 3.21. The van der Waals surface area contributed by atoms with E-state index in [-0.39, 0.29) is 5.79 Å². The molecule has 2 saturated heterocycles. The molecule has 0 bridgehead atoms. The van der Waals surface area contributed by atoms with Crippen molar-refractivity contribution in [1.82, 2.24) is 5.32 Å². The molecule has 0 aliphatic carbocycles. The Morgan fingerprint density at radius 3 is 2.60 bits per heavy atom. The molecule has 0 aromatic rings. The van der Waals surface area contributed by atoms with Gasteiger partial charge in [-0.2, -0.15) is 0 Å². The van der Waals surface area contributed by atoms with E-state index in [1.807, 2.05) is 0 Å². The lowest BCUT2D eigenvalue weighted by molar-refractivity contribution is -0.167. The zero-order valence-corrected chi connectivity index (χ0v) is 6.01. The van der Waals surface area contributed by atoms with Crippen molar-refractivity contribution in [3.63, 3.8) is 0 Å². The molecule has 0 atom stereocenters. The van der Waals surface area contributed by atoms with Crippen molar-refractivity contribution >= 4 is 0 Å². The molecule has 57 valence electrons. The van der Waals surface area contributed by atoms with Crippen LogP contribution in [0.4, 0.5) is 0 Å². The van der Waals surface area contributed by atoms with Gasteiger partial charge >= 0.3 is 0 Å². The average Bonchev–Trinajstić information content (AvgIpc) is 2.39. The van der Waals surface area contributed by atoms with E-state index in [0.717, 1.165) is 39.1 Å². The van der Waals surface area contributed by atoms with Crippen LogP contribution in [0.15, 0.2) is 0 Å². The highest BCUT2D eigenvalue weighted by Crippen LogP contribution is 2.26. The third-order valence-corrected chi connectivity index (χ3v) is 2.04. The van der Waals surface area contributed by atoms with Gasteiger partial charge in [0, 0.05) is 13.0 Å². The second-order valence-corrected chi connectivity index (χ2v) is 2.82. The van der Waals surface area contributed by atoms with Gasteiger partial charge in [-0.1, -0.05) is 0 Å². The van der Waals surface area contributed by atoms with Gasteiger partial charge in [-0.15, -0.1) is 0 Å². The van der Waals surface area contributed by atoms with E-state index in [0.29, 0.717) is 0 Å². The van der Waals surface area contributed by atoms with E-state index in [1.54, 1.807) is 0 Å². The summed E-state index contributed by atoms with van der Waals surface area (Å²) in [5, 5.41) is 4.26. The number of piperidine rings is 1. The van der Waals surface area contributed by atoms with E-state index in [4.69, 9.17) is 9.47 Å². The third kappa shape index (κ3) is 1.05. The van der Waals surface area contributed by atoms with Crippen molar-refractivity contribution in [3.8, 4) is 0 Å². The number of hydrogen-bond acceptors (Lipinski definition) is 2. The summed E-state index contributed by atoms with van der Waals surface area (Å²) in [6, 6.07) is 0. The topological polar surface area (TPSA) is 32.6 Å². The molecule has 1 spiro atoms. The Bertz CT molecular complexity index is 113. The second kappa shape index (κ2) is 2.49. The number of ether oxygens (including phenoxy) is 2. The van der Waals surface area contributed by atoms with Crippen LogP contribution in [0.2, 0.25) is 0 Å². The molecule has 2 aliphatic heterocycles. The van der Waals surface area contributed by atoms with Crippen molar-refractivity contribution < 1.29 is 9.47 Å². The molecular weight excluding hydrogens is 130 g/mol. The van der Waals surface area contributed by atoms with Gasteiger partial charge in [-0.3, -0.25) is 0 Å². The number of rotatable bonds is 0. The maximum Gasteiger partial charge on any atom is 0.182 e. The van der Waals surface area contributed by atoms with Crippen LogP contribution in [-0.4, -0.2) is 32.1 Å². The molecule has 0 saturated carbocycles. The van der Waals surface area contributed by atoms with E-state index in [9.17, 15) is 0 Å². The van der Waals surface area contributed by atoms with Crippen molar-refractivity contribution in [2.24, 2.45) is 0 Å². The minimum Gasteiger partial charge on any atom is -0.346 e.